The highest BCUT2D eigenvalue weighted by atomic mass is 32.3. The zero-order chi connectivity index (χ0) is 25.4. The van der Waals surface area contributed by atoms with Gasteiger partial charge in [-0.1, -0.05) is 6.92 Å². The van der Waals surface area contributed by atoms with Crippen LogP contribution in [0.2, 0.25) is 6.04 Å². The van der Waals surface area contributed by atoms with Crippen LogP contribution in [-0.4, -0.2) is 58.0 Å². The molecule has 0 aromatic carbocycles. The van der Waals surface area contributed by atoms with E-state index in [0.717, 1.165) is 23.1 Å². The van der Waals surface area contributed by atoms with Gasteiger partial charge in [-0.3, -0.25) is 0 Å². The average Bonchev–Trinajstić information content (AvgIpc) is 2.68. The third kappa shape index (κ3) is 8.91. The molecule has 18 heteroatoms. The number of alkyl halides is 6. The molecule has 0 fully saturated rings. The molecule has 32 heavy (non-hydrogen) atoms. The summed E-state index contributed by atoms with van der Waals surface area (Å²) in [6, 6.07) is 5.04. The maximum atomic E-state index is 11.4. The average molecular weight is 537 g/mol. The Morgan fingerprint density at radius 2 is 1.25 bits per heavy atom. The topological polar surface area (TPSA) is 114 Å². The predicted octanol–water partition coefficient (Wildman–Crippen LogP) is 2.47. The fraction of sp³-hybridized carbons (Fsp3) is 0.643. The maximum Gasteiger partial charge on any atom is 0.506 e. The van der Waals surface area contributed by atoms with E-state index in [1.807, 2.05) is 0 Å². The monoisotopic (exact) mass is 536 g/mol. The number of sulfonamides is 2. The highest BCUT2D eigenvalue weighted by Gasteiger charge is 2.47. The summed E-state index contributed by atoms with van der Waals surface area (Å²) in [6.45, 7) is 2.99. The molecule has 188 valence electrons. The van der Waals surface area contributed by atoms with Crippen LogP contribution in [0.5, 0.6) is 0 Å². The van der Waals surface area contributed by atoms with Crippen molar-refractivity contribution in [3.8, 4) is 0 Å². The van der Waals surface area contributed by atoms with E-state index in [4.69, 9.17) is 13.3 Å². The second-order valence-corrected chi connectivity index (χ2v) is 12.3. The van der Waals surface area contributed by atoms with Gasteiger partial charge in [0, 0.05) is 33.5 Å². The Morgan fingerprint density at radius 1 is 0.875 bits per heavy atom. The smallest absolute Gasteiger partial charge is 0.421 e. The van der Waals surface area contributed by atoms with E-state index >= 15 is 0 Å². The molecule has 9 nitrogen and oxygen atoms in total. The first-order valence-corrected chi connectivity index (χ1v) is 13.2. The third-order valence-electron chi connectivity index (χ3n) is 3.76. The second-order valence-electron chi connectivity index (χ2n) is 5.76. The number of rotatable bonds is 9. The summed E-state index contributed by atoms with van der Waals surface area (Å²) in [5.41, 5.74) is -11.1. The third-order valence-corrected chi connectivity index (χ3v) is 9.20. The van der Waals surface area contributed by atoms with Crippen LogP contribution >= 0.6 is 0 Å². The minimum absolute atomic E-state index is 0.770. The molecule has 0 saturated carbocycles. The van der Waals surface area contributed by atoms with Crippen LogP contribution < -0.4 is 4.57 Å². The van der Waals surface area contributed by atoms with Crippen molar-refractivity contribution in [3.05, 3.63) is 34.2 Å². The van der Waals surface area contributed by atoms with Crippen LogP contribution in [0.4, 0.5) is 26.3 Å². The van der Waals surface area contributed by atoms with Crippen LogP contribution in [-0.2, 0) is 46.3 Å². The number of aromatic nitrogens is 1. The summed E-state index contributed by atoms with van der Waals surface area (Å²) < 4.78 is 127. The molecule has 0 aliphatic carbocycles. The first-order chi connectivity index (χ1) is 14.4. The summed E-state index contributed by atoms with van der Waals surface area (Å²) in [7, 11) is -11.0. The highest BCUT2D eigenvalue weighted by molar-refractivity contribution is 8.13. The van der Waals surface area contributed by atoms with Crippen molar-refractivity contribution in [1.82, 2.24) is 0 Å². The lowest BCUT2D eigenvalue weighted by atomic mass is 10.2. The van der Waals surface area contributed by atoms with Crippen LogP contribution in [0, 0.1) is 0 Å². The molecular formula is C14H22F6N2O7S2Si. The Kier molecular flexibility index (Phi) is 11.2. The Balaban J connectivity index is 0.000000607. The van der Waals surface area contributed by atoms with Gasteiger partial charge >= 0.3 is 19.8 Å². The molecule has 1 aromatic rings. The van der Waals surface area contributed by atoms with Crippen LogP contribution in [0.25, 0.3) is 4.13 Å². The Morgan fingerprint density at radius 3 is 1.53 bits per heavy atom. The molecule has 0 saturated heterocycles. The lowest BCUT2D eigenvalue weighted by molar-refractivity contribution is -0.694. The maximum absolute atomic E-state index is 11.4. The molecule has 0 atom stereocenters. The van der Waals surface area contributed by atoms with E-state index in [-0.39, 0.29) is 0 Å². The molecular weight excluding hydrogens is 514 g/mol. The van der Waals surface area contributed by atoms with E-state index < -0.39 is 39.9 Å². The van der Waals surface area contributed by atoms with Crippen molar-refractivity contribution in [1.29, 1.82) is 0 Å². The predicted molar refractivity (Wildman–Crippen MR) is 101 cm³/mol. The van der Waals surface area contributed by atoms with Gasteiger partial charge in [-0.05, 0) is 12.0 Å². The largest absolute Gasteiger partial charge is 0.506 e. The van der Waals surface area contributed by atoms with Gasteiger partial charge < -0.3 is 17.4 Å². The SMILES string of the molecule is CCc1cc[n+](CC[Si](OC)(OC)OC)cc1.O=S(=O)([N-]S(=O)(=O)C(F)(F)F)C(F)(F)F. The van der Waals surface area contributed by atoms with E-state index in [0.29, 0.717) is 0 Å². The first kappa shape index (κ1) is 30.7. The summed E-state index contributed by atoms with van der Waals surface area (Å²) in [6.07, 6.45) is 5.23. The quantitative estimate of drug-likeness (QED) is 0.271. The lowest BCUT2D eigenvalue weighted by Crippen LogP contribution is -2.47. The number of nitrogens with zero attached hydrogens (tertiary/aromatic N) is 2. The van der Waals surface area contributed by atoms with Crippen molar-refractivity contribution in [2.75, 3.05) is 21.3 Å². The normalized spacial score (nSPS) is 13.4. The van der Waals surface area contributed by atoms with Crippen molar-refractivity contribution < 1.29 is 61.0 Å². The summed E-state index contributed by atoms with van der Waals surface area (Å²) in [4.78, 5) is 0. The molecule has 1 aromatic heterocycles. The number of pyridine rings is 1. The van der Waals surface area contributed by atoms with Gasteiger partial charge in [0.25, 0.3) is 0 Å². The molecule has 0 N–H and O–H groups in total. The van der Waals surface area contributed by atoms with Gasteiger partial charge in [0.05, 0.1) is 6.04 Å². The Bertz CT molecular complexity index is 868. The minimum atomic E-state index is -6.72. The summed E-state index contributed by atoms with van der Waals surface area (Å²) >= 11 is 0. The van der Waals surface area contributed by atoms with Gasteiger partial charge in [-0.2, -0.15) is 26.3 Å². The second kappa shape index (κ2) is 11.7. The van der Waals surface area contributed by atoms with Gasteiger partial charge in [0.1, 0.15) is 0 Å². The van der Waals surface area contributed by atoms with Gasteiger partial charge in [0.15, 0.2) is 39.0 Å². The van der Waals surface area contributed by atoms with Crippen LogP contribution in [0.3, 0.4) is 0 Å². The van der Waals surface area contributed by atoms with E-state index in [1.54, 1.807) is 21.3 Å². The highest BCUT2D eigenvalue weighted by Crippen LogP contribution is 2.36. The van der Waals surface area contributed by atoms with Gasteiger partial charge in [-0.25, -0.2) is 21.4 Å². The summed E-state index contributed by atoms with van der Waals surface area (Å²) in [5, 5.41) is 0. The molecule has 0 aliphatic heterocycles. The number of aryl methyl sites for hydroxylation is 2. The van der Waals surface area contributed by atoms with Gasteiger partial charge in [-0.15, -0.1) is 0 Å². The van der Waals surface area contributed by atoms with E-state index in [1.165, 1.54) is 5.56 Å². The fourth-order valence-corrected chi connectivity index (χ4v) is 5.26. The Labute approximate surface area is 182 Å². The van der Waals surface area contributed by atoms with Crippen LogP contribution in [0.15, 0.2) is 24.5 Å². The zero-order valence-corrected chi connectivity index (χ0v) is 19.9. The van der Waals surface area contributed by atoms with Crippen molar-refractivity contribution in [2.24, 2.45) is 0 Å². The molecule has 0 bridgehead atoms. The summed E-state index contributed by atoms with van der Waals surface area (Å²) in [5.74, 6) is 0. The molecule has 0 amide bonds. The minimum Gasteiger partial charge on any atom is -0.421 e. The zero-order valence-electron chi connectivity index (χ0n) is 17.3. The van der Waals surface area contributed by atoms with Gasteiger partial charge in [0.2, 0.25) is 0 Å². The molecule has 0 radical (unpaired) electrons. The lowest BCUT2D eigenvalue weighted by Gasteiger charge is -2.22. The fourth-order valence-electron chi connectivity index (χ4n) is 1.91. The number of hydrogen-bond acceptors (Lipinski definition) is 7. The Hall–Kier alpha value is -1.31. The number of halogens is 6. The van der Waals surface area contributed by atoms with E-state index in [9.17, 15) is 43.2 Å². The van der Waals surface area contributed by atoms with Crippen molar-refractivity contribution in [2.45, 2.75) is 37.0 Å². The first-order valence-electron chi connectivity index (χ1n) is 8.40. The standard InChI is InChI=1S/C12H22NO3Si.C2F6NO4S2/c1-5-12-6-8-13(9-7-12)10-11-17(14-2,15-3)16-4;3-1(4,5)14(10,11)9-15(12,13)2(6,7)8/h6-9H,5,10-11H2,1-4H3;/q+1;-1. The van der Waals surface area contributed by atoms with E-state index in [2.05, 4.69) is 36.0 Å². The molecule has 1 rings (SSSR count). The van der Waals surface area contributed by atoms with Crippen molar-refractivity contribution >= 4 is 28.9 Å². The molecule has 0 unspecified atom stereocenters. The van der Waals surface area contributed by atoms with Crippen LogP contribution in [0.1, 0.15) is 12.5 Å². The number of hydrogen-bond donors (Lipinski definition) is 0. The van der Waals surface area contributed by atoms with Crippen molar-refractivity contribution in [3.63, 3.8) is 0 Å². The molecule has 1 heterocycles. The molecule has 0 aliphatic rings. The molecule has 0 spiro atoms.